The Labute approximate surface area is 255 Å². The Kier molecular flexibility index (Phi) is 7.56. The Balaban J connectivity index is 1.33. The second-order valence-corrected chi connectivity index (χ2v) is 10.6. The number of carbonyl (C=O) groups excluding carboxylic acids is 2. The summed E-state index contributed by atoms with van der Waals surface area (Å²) in [5.74, 6) is 0.613. The molecule has 0 unspecified atom stereocenters. The molecule has 0 radical (unpaired) electrons. The zero-order chi connectivity index (χ0) is 30.6. The third-order valence-electron chi connectivity index (χ3n) is 7.49. The van der Waals surface area contributed by atoms with E-state index >= 15 is 0 Å². The van der Waals surface area contributed by atoms with Gasteiger partial charge in [-0.15, -0.1) is 0 Å². The highest BCUT2D eigenvalue weighted by molar-refractivity contribution is 6.07. The minimum atomic E-state index is -1.37. The van der Waals surface area contributed by atoms with Crippen molar-refractivity contribution in [2.24, 2.45) is 0 Å². The first-order chi connectivity index (χ1) is 21.4. The molecule has 0 aliphatic heterocycles. The van der Waals surface area contributed by atoms with Crippen LogP contribution in [0.2, 0.25) is 0 Å². The number of nitrogen functional groups attached to an aromatic ring is 2. The summed E-state index contributed by atoms with van der Waals surface area (Å²) < 4.78 is 12.7. The highest BCUT2D eigenvalue weighted by atomic mass is 16.5. The molecule has 2 aliphatic rings. The van der Waals surface area contributed by atoms with Gasteiger partial charge in [0.1, 0.15) is 11.5 Å². The zero-order valence-electron chi connectivity index (χ0n) is 23.8. The molecule has 0 bridgehead atoms. The van der Waals surface area contributed by atoms with Gasteiger partial charge in [0.05, 0.1) is 0 Å². The van der Waals surface area contributed by atoms with Crippen LogP contribution in [0.15, 0.2) is 169 Å². The number of rotatable bonds is 8. The van der Waals surface area contributed by atoms with E-state index in [9.17, 15) is 9.59 Å². The highest BCUT2D eigenvalue weighted by Gasteiger charge is 2.40. The highest BCUT2D eigenvalue weighted by Crippen LogP contribution is 2.34. The molecule has 4 N–H and O–H groups in total. The van der Waals surface area contributed by atoms with Crippen LogP contribution < -0.4 is 20.9 Å². The van der Waals surface area contributed by atoms with E-state index in [1.807, 2.05) is 60.7 Å². The molecule has 4 aromatic carbocycles. The van der Waals surface area contributed by atoms with Gasteiger partial charge in [0.2, 0.25) is 22.8 Å². The number of ether oxygens (including phenoxy) is 2. The average molecular weight is 579 g/mol. The molecule has 0 aromatic heterocycles. The van der Waals surface area contributed by atoms with Gasteiger partial charge in [0.25, 0.3) is 0 Å². The van der Waals surface area contributed by atoms with Crippen molar-refractivity contribution in [1.82, 2.24) is 0 Å². The maximum absolute atomic E-state index is 13.8. The first kappa shape index (κ1) is 28.2. The fourth-order valence-corrected chi connectivity index (χ4v) is 5.08. The summed E-state index contributed by atoms with van der Waals surface area (Å²) in [6.07, 6.45) is 14.4. The first-order valence-corrected chi connectivity index (χ1v) is 14.2. The molecule has 44 heavy (non-hydrogen) atoms. The lowest BCUT2D eigenvalue weighted by Gasteiger charge is -2.31. The fourth-order valence-electron chi connectivity index (χ4n) is 5.08. The molecule has 4 aromatic rings. The molecule has 6 nitrogen and oxygen atoms in total. The van der Waals surface area contributed by atoms with E-state index in [2.05, 4.69) is 0 Å². The van der Waals surface area contributed by atoms with Gasteiger partial charge in [-0.25, -0.2) is 0 Å². The maximum atomic E-state index is 13.8. The van der Waals surface area contributed by atoms with E-state index in [1.54, 1.807) is 97.1 Å². The van der Waals surface area contributed by atoms with Gasteiger partial charge >= 0.3 is 0 Å². The molecule has 216 valence electrons. The Morgan fingerprint density at radius 1 is 0.455 bits per heavy atom. The molecule has 2 aliphatic carbocycles. The summed E-state index contributed by atoms with van der Waals surface area (Å²) in [6.45, 7) is 0. The molecule has 0 fully saturated rings. The Morgan fingerprint density at radius 2 is 0.773 bits per heavy atom. The second-order valence-electron chi connectivity index (χ2n) is 10.6. The lowest BCUT2D eigenvalue weighted by molar-refractivity contribution is 0.0726. The summed E-state index contributed by atoms with van der Waals surface area (Å²) in [4.78, 5) is 27.6. The van der Waals surface area contributed by atoms with E-state index in [4.69, 9.17) is 20.9 Å². The largest absolute Gasteiger partial charge is 0.471 e. The van der Waals surface area contributed by atoms with Gasteiger partial charge in [-0.1, -0.05) is 85.0 Å². The van der Waals surface area contributed by atoms with Crippen LogP contribution in [-0.4, -0.2) is 22.8 Å². The van der Waals surface area contributed by atoms with E-state index < -0.39 is 11.2 Å². The van der Waals surface area contributed by atoms with Crippen LogP contribution in [0.5, 0.6) is 11.5 Å². The molecular formula is C38H30N2O4. The quantitative estimate of drug-likeness (QED) is 0.171. The minimum Gasteiger partial charge on any atom is -0.471 e. The van der Waals surface area contributed by atoms with Crippen molar-refractivity contribution in [2.45, 2.75) is 11.2 Å². The van der Waals surface area contributed by atoms with Gasteiger partial charge in [0, 0.05) is 22.5 Å². The molecule has 0 atom stereocenters. The number of Topliss-reactive ketones (excluding diaryl/α,β-unsaturated/α-hetero) is 2. The second kappa shape index (κ2) is 11.8. The summed E-state index contributed by atoms with van der Waals surface area (Å²) >= 11 is 0. The number of hydrogen-bond acceptors (Lipinski definition) is 6. The number of allylic oxidation sites excluding steroid dienone is 6. The average Bonchev–Trinajstić information content (AvgIpc) is 3.08. The normalized spacial score (nSPS) is 20.4. The van der Waals surface area contributed by atoms with Gasteiger partial charge in [-0.2, -0.15) is 0 Å². The molecular weight excluding hydrogens is 548 g/mol. The summed E-state index contributed by atoms with van der Waals surface area (Å²) in [5.41, 5.74) is 12.9. The number of ketones is 2. The maximum Gasteiger partial charge on any atom is 0.214 e. The molecule has 6 heteroatoms. The van der Waals surface area contributed by atoms with E-state index in [1.165, 1.54) is 0 Å². The molecule has 0 saturated carbocycles. The van der Waals surface area contributed by atoms with Crippen LogP contribution in [-0.2, 0) is 0 Å². The van der Waals surface area contributed by atoms with Crippen LogP contribution in [0.25, 0.3) is 0 Å². The Hall–Kier alpha value is -5.88. The molecule has 0 heterocycles. The summed E-state index contributed by atoms with van der Waals surface area (Å²) in [5, 5.41) is 0. The SMILES string of the molecule is Nc1ccc(OC2(C(=O)c3ccccc3)C=CC(=C3C=CC(Oc4ccc(N)cc4)(C(=O)c4ccccc4)C=C3)C=C2)cc1. The number of anilines is 2. The lowest BCUT2D eigenvalue weighted by Crippen LogP contribution is -2.42. The zero-order valence-corrected chi connectivity index (χ0v) is 23.8. The van der Waals surface area contributed by atoms with Crippen molar-refractivity contribution >= 4 is 22.9 Å². The van der Waals surface area contributed by atoms with Gasteiger partial charge < -0.3 is 20.9 Å². The first-order valence-electron chi connectivity index (χ1n) is 14.2. The molecule has 0 saturated heterocycles. The Morgan fingerprint density at radius 3 is 1.09 bits per heavy atom. The van der Waals surface area contributed by atoms with Crippen LogP contribution in [0.3, 0.4) is 0 Å². The molecule has 6 rings (SSSR count). The fraction of sp³-hybridized carbons (Fsp3) is 0.0526. The Bertz CT molecular complexity index is 1660. The number of nitrogens with two attached hydrogens (primary N) is 2. The monoisotopic (exact) mass is 578 g/mol. The number of benzene rings is 4. The number of hydrogen-bond donors (Lipinski definition) is 2. The van der Waals surface area contributed by atoms with Crippen LogP contribution in [0, 0.1) is 0 Å². The standard InChI is InChI=1S/C38H30N2O4/c39-31-11-15-33(16-12-31)43-37(35(41)29-7-3-1-4-8-29)23-19-27(20-24-37)28-21-25-38(26-22-28,36(42)30-9-5-2-6-10-30)44-34-17-13-32(40)14-18-34/h1-26H,39-40H2. The molecule has 0 spiro atoms. The van der Waals surface area contributed by atoms with Gasteiger partial charge in [-0.05, 0) is 84.0 Å². The van der Waals surface area contributed by atoms with Crippen molar-refractivity contribution in [2.75, 3.05) is 11.5 Å². The summed E-state index contributed by atoms with van der Waals surface area (Å²) in [7, 11) is 0. The number of carbonyl (C=O) groups is 2. The van der Waals surface area contributed by atoms with E-state index in [0.717, 1.165) is 11.1 Å². The summed E-state index contributed by atoms with van der Waals surface area (Å²) in [6, 6.07) is 31.9. The van der Waals surface area contributed by atoms with Crippen molar-refractivity contribution in [1.29, 1.82) is 0 Å². The third kappa shape index (κ3) is 5.74. The predicted molar refractivity (Wildman–Crippen MR) is 174 cm³/mol. The van der Waals surface area contributed by atoms with Crippen LogP contribution in [0.4, 0.5) is 11.4 Å². The van der Waals surface area contributed by atoms with Crippen LogP contribution in [0.1, 0.15) is 20.7 Å². The van der Waals surface area contributed by atoms with E-state index in [0.29, 0.717) is 34.0 Å². The van der Waals surface area contributed by atoms with Crippen molar-refractivity contribution in [3.8, 4) is 11.5 Å². The van der Waals surface area contributed by atoms with Crippen LogP contribution >= 0.6 is 0 Å². The van der Waals surface area contributed by atoms with Crippen molar-refractivity contribution < 1.29 is 19.1 Å². The molecule has 0 amide bonds. The smallest absolute Gasteiger partial charge is 0.214 e. The van der Waals surface area contributed by atoms with Gasteiger partial charge in [0.15, 0.2) is 0 Å². The van der Waals surface area contributed by atoms with Crippen molar-refractivity contribution in [3.05, 3.63) is 180 Å². The topological polar surface area (TPSA) is 105 Å². The minimum absolute atomic E-state index is 0.203. The predicted octanol–water partition coefficient (Wildman–Crippen LogP) is 7.10. The third-order valence-corrected chi connectivity index (χ3v) is 7.49. The van der Waals surface area contributed by atoms with E-state index in [-0.39, 0.29) is 11.6 Å². The lowest BCUT2D eigenvalue weighted by atomic mass is 9.83. The van der Waals surface area contributed by atoms with Crippen molar-refractivity contribution in [3.63, 3.8) is 0 Å². The van der Waals surface area contributed by atoms with Gasteiger partial charge in [-0.3, -0.25) is 9.59 Å².